The zero-order valence-electron chi connectivity index (χ0n) is 11.5. The lowest BCUT2D eigenvalue weighted by atomic mass is 10.0. The molecule has 20 heavy (non-hydrogen) atoms. The number of anilines is 2. The summed E-state index contributed by atoms with van der Waals surface area (Å²) in [6.07, 6.45) is 1.03. The molecule has 0 spiro atoms. The molecule has 0 aromatic heterocycles. The van der Waals surface area contributed by atoms with Crippen LogP contribution in [0.4, 0.5) is 11.4 Å². The van der Waals surface area contributed by atoms with E-state index in [4.69, 9.17) is 17.3 Å². The smallest absolute Gasteiger partial charge is 0.229 e. The Labute approximate surface area is 123 Å². The monoisotopic (exact) mass is 319 g/mol. The van der Waals surface area contributed by atoms with E-state index >= 15 is 0 Å². The highest BCUT2D eigenvalue weighted by Gasteiger charge is 2.17. The van der Waals surface area contributed by atoms with Crippen LogP contribution < -0.4 is 15.8 Å². The molecule has 8 heteroatoms. The highest BCUT2D eigenvalue weighted by molar-refractivity contribution is 7.92. The van der Waals surface area contributed by atoms with Gasteiger partial charge in [0.1, 0.15) is 0 Å². The number of rotatable bonds is 5. The van der Waals surface area contributed by atoms with Crippen LogP contribution in [0.2, 0.25) is 5.02 Å². The van der Waals surface area contributed by atoms with Gasteiger partial charge in [-0.15, -0.1) is 0 Å². The third-order valence-corrected chi connectivity index (χ3v) is 3.64. The Kier molecular flexibility index (Phi) is 5.38. The molecule has 4 N–H and O–H groups in total. The number of nitrogens with two attached hydrogens (primary N) is 1. The predicted molar refractivity (Wildman–Crippen MR) is 81.4 cm³/mol. The van der Waals surface area contributed by atoms with Crippen LogP contribution in [0.15, 0.2) is 18.2 Å². The quantitative estimate of drug-likeness (QED) is 0.767. The molecule has 0 fully saturated rings. The summed E-state index contributed by atoms with van der Waals surface area (Å²) in [5, 5.41) is 2.87. The van der Waals surface area contributed by atoms with Crippen molar-refractivity contribution in [3.63, 3.8) is 0 Å². The lowest BCUT2D eigenvalue weighted by molar-refractivity contribution is -0.119. The average molecular weight is 320 g/mol. The summed E-state index contributed by atoms with van der Waals surface area (Å²) >= 11 is 5.96. The number of amides is 1. The van der Waals surface area contributed by atoms with Crippen LogP contribution in [-0.4, -0.2) is 26.6 Å². The van der Waals surface area contributed by atoms with Crippen molar-refractivity contribution in [1.29, 1.82) is 0 Å². The van der Waals surface area contributed by atoms with Crippen molar-refractivity contribution in [3.8, 4) is 0 Å². The predicted octanol–water partition coefficient (Wildman–Crippen LogP) is 1.63. The number of nitrogens with one attached hydrogen (secondary N) is 2. The van der Waals surface area contributed by atoms with Crippen LogP contribution in [0, 0.1) is 5.92 Å². The molecule has 1 amide bonds. The Morgan fingerprint density at radius 1 is 1.35 bits per heavy atom. The van der Waals surface area contributed by atoms with Crippen molar-refractivity contribution in [2.24, 2.45) is 11.7 Å². The van der Waals surface area contributed by atoms with E-state index in [1.807, 2.05) is 0 Å². The Balaban J connectivity index is 2.85. The molecule has 0 aliphatic heterocycles. The summed E-state index contributed by atoms with van der Waals surface area (Å²) in [4.78, 5) is 11.8. The summed E-state index contributed by atoms with van der Waals surface area (Å²) in [6.45, 7) is 3.47. The third kappa shape index (κ3) is 4.99. The van der Waals surface area contributed by atoms with E-state index in [0.717, 1.165) is 6.26 Å². The fraction of sp³-hybridized carbons (Fsp3) is 0.417. The molecule has 0 saturated heterocycles. The Bertz CT molecular complexity index is 602. The average Bonchev–Trinajstić information content (AvgIpc) is 2.30. The Morgan fingerprint density at radius 3 is 2.40 bits per heavy atom. The van der Waals surface area contributed by atoms with Crippen LogP contribution in [0.25, 0.3) is 0 Å². The molecule has 1 aromatic carbocycles. The van der Waals surface area contributed by atoms with Gasteiger partial charge in [0.05, 0.1) is 22.9 Å². The molecule has 1 aromatic rings. The largest absolute Gasteiger partial charge is 0.327 e. The number of benzene rings is 1. The van der Waals surface area contributed by atoms with E-state index in [1.54, 1.807) is 19.9 Å². The van der Waals surface area contributed by atoms with Gasteiger partial charge < -0.3 is 11.1 Å². The van der Waals surface area contributed by atoms with Crippen molar-refractivity contribution >= 4 is 38.9 Å². The van der Waals surface area contributed by atoms with Gasteiger partial charge in [-0.3, -0.25) is 9.52 Å². The second-order valence-electron chi connectivity index (χ2n) is 4.71. The molecule has 1 rings (SSSR count). The van der Waals surface area contributed by atoms with Crippen LogP contribution in [0.1, 0.15) is 13.8 Å². The molecule has 0 heterocycles. The van der Waals surface area contributed by atoms with Crippen LogP contribution in [0.5, 0.6) is 0 Å². The molecule has 0 saturated carbocycles. The number of carbonyl (C=O) groups excluding carboxylic acids is 1. The second kappa shape index (κ2) is 6.43. The van der Waals surface area contributed by atoms with Crippen LogP contribution in [0.3, 0.4) is 0 Å². The van der Waals surface area contributed by atoms with Crippen molar-refractivity contribution < 1.29 is 13.2 Å². The van der Waals surface area contributed by atoms with Crippen LogP contribution >= 0.6 is 11.6 Å². The molecular formula is C12H18ClN3O3S. The Hall–Kier alpha value is -1.31. The maximum absolute atomic E-state index is 11.8. The summed E-state index contributed by atoms with van der Waals surface area (Å²) in [5.74, 6) is -0.567. The van der Waals surface area contributed by atoms with Gasteiger partial charge >= 0.3 is 0 Å². The fourth-order valence-electron chi connectivity index (χ4n) is 1.37. The van der Waals surface area contributed by atoms with E-state index in [1.165, 1.54) is 12.1 Å². The minimum atomic E-state index is -3.40. The van der Waals surface area contributed by atoms with Gasteiger partial charge in [0.2, 0.25) is 15.9 Å². The van der Waals surface area contributed by atoms with Crippen molar-refractivity contribution in [3.05, 3.63) is 23.2 Å². The van der Waals surface area contributed by atoms with Gasteiger partial charge in [-0.1, -0.05) is 18.5 Å². The highest BCUT2D eigenvalue weighted by Crippen LogP contribution is 2.26. The first kappa shape index (κ1) is 16.7. The van der Waals surface area contributed by atoms with Gasteiger partial charge in [0.25, 0.3) is 0 Å². The number of halogens is 1. The topological polar surface area (TPSA) is 101 Å². The lowest BCUT2D eigenvalue weighted by Crippen LogP contribution is -2.34. The summed E-state index contributed by atoms with van der Waals surface area (Å²) in [6, 6.07) is 4.25. The second-order valence-corrected chi connectivity index (χ2v) is 6.86. The molecule has 6 nitrogen and oxygen atoms in total. The maximum atomic E-state index is 11.8. The summed E-state index contributed by atoms with van der Waals surface area (Å²) < 4.78 is 24.5. The first-order valence-corrected chi connectivity index (χ1v) is 8.21. The molecule has 112 valence electrons. The van der Waals surface area contributed by atoms with Gasteiger partial charge in [0, 0.05) is 11.7 Å². The van der Waals surface area contributed by atoms with Crippen LogP contribution in [-0.2, 0) is 14.8 Å². The SMILES string of the molecule is CC(N)C(C)C(=O)Nc1ccc(NS(C)(=O)=O)c(Cl)c1. The van der Waals surface area contributed by atoms with E-state index in [0.29, 0.717) is 5.69 Å². The molecule has 2 atom stereocenters. The Morgan fingerprint density at radius 2 is 1.95 bits per heavy atom. The number of hydrogen-bond acceptors (Lipinski definition) is 4. The fourth-order valence-corrected chi connectivity index (χ4v) is 2.23. The molecule has 0 aliphatic rings. The lowest BCUT2D eigenvalue weighted by Gasteiger charge is -2.16. The van der Waals surface area contributed by atoms with E-state index < -0.39 is 10.0 Å². The van der Waals surface area contributed by atoms with Crippen molar-refractivity contribution in [1.82, 2.24) is 0 Å². The number of sulfonamides is 1. The molecule has 2 unspecified atom stereocenters. The summed E-state index contributed by atoms with van der Waals surface area (Å²) in [7, 11) is -3.40. The minimum Gasteiger partial charge on any atom is -0.327 e. The molecule has 0 bridgehead atoms. The van der Waals surface area contributed by atoms with Gasteiger partial charge in [0.15, 0.2) is 0 Å². The van der Waals surface area contributed by atoms with Crippen molar-refractivity contribution in [2.45, 2.75) is 19.9 Å². The van der Waals surface area contributed by atoms with E-state index in [2.05, 4.69) is 10.0 Å². The highest BCUT2D eigenvalue weighted by atomic mass is 35.5. The standard InChI is InChI=1S/C12H18ClN3O3S/c1-7(8(2)14)12(17)15-9-4-5-11(10(13)6-9)16-20(3,18)19/h4-8,16H,14H2,1-3H3,(H,15,17). The normalized spacial score (nSPS) is 14.4. The third-order valence-electron chi connectivity index (χ3n) is 2.73. The molecule has 0 aliphatic carbocycles. The zero-order valence-corrected chi connectivity index (χ0v) is 13.0. The first-order chi connectivity index (χ1) is 9.10. The molecular weight excluding hydrogens is 302 g/mol. The van der Waals surface area contributed by atoms with E-state index in [9.17, 15) is 13.2 Å². The van der Waals surface area contributed by atoms with Crippen molar-refractivity contribution in [2.75, 3.05) is 16.3 Å². The van der Waals surface area contributed by atoms with Gasteiger partial charge in [-0.05, 0) is 25.1 Å². The molecule has 0 radical (unpaired) electrons. The summed E-state index contributed by atoms with van der Waals surface area (Å²) in [5.41, 5.74) is 6.39. The first-order valence-electron chi connectivity index (χ1n) is 5.94. The van der Waals surface area contributed by atoms with E-state index in [-0.39, 0.29) is 28.6 Å². The van der Waals surface area contributed by atoms with Gasteiger partial charge in [-0.2, -0.15) is 0 Å². The number of hydrogen-bond donors (Lipinski definition) is 3. The van der Waals surface area contributed by atoms with Gasteiger partial charge in [-0.25, -0.2) is 8.42 Å². The minimum absolute atomic E-state index is 0.196. The number of carbonyl (C=O) groups is 1. The zero-order chi connectivity index (χ0) is 15.5. The maximum Gasteiger partial charge on any atom is 0.229 e.